The lowest BCUT2D eigenvalue weighted by Crippen LogP contribution is -2.33. The summed E-state index contributed by atoms with van der Waals surface area (Å²) in [6.45, 7) is 3.62. The summed E-state index contributed by atoms with van der Waals surface area (Å²) in [7, 11) is 0. The minimum atomic E-state index is -0.251. The molecule has 1 fully saturated rings. The molecule has 1 aromatic heterocycles. The van der Waals surface area contributed by atoms with Gasteiger partial charge in [0.1, 0.15) is 5.75 Å². The number of likely N-dealkylation sites (tertiary alicyclic amines) is 1. The number of aromatic nitrogens is 2. The molecule has 0 bridgehead atoms. The topological polar surface area (TPSA) is 81.2 Å². The number of carbonyl (C=O) groups is 1. The average molecular weight is 388 g/mol. The lowest BCUT2D eigenvalue weighted by Gasteiger charge is -2.15. The Hall–Kier alpha value is -3.12. The molecule has 0 radical (unpaired) electrons. The van der Waals surface area contributed by atoms with Gasteiger partial charge in [0.15, 0.2) is 0 Å². The Balaban J connectivity index is 1.36. The molecule has 6 heteroatoms. The fraction of sp³-hybridized carbons (Fsp3) is 0.304. The Morgan fingerprint density at radius 2 is 2.00 bits per heavy atom. The minimum absolute atomic E-state index is 0.0112. The number of amides is 1. The highest BCUT2D eigenvalue weighted by Gasteiger charge is 2.25. The van der Waals surface area contributed by atoms with E-state index in [-0.39, 0.29) is 17.2 Å². The van der Waals surface area contributed by atoms with E-state index in [4.69, 9.17) is 0 Å². The van der Waals surface area contributed by atoms with Crippen LogP contribution in [-0.2, 0) is 6.42 Å². The van der Waals surface area contributed by atoms with Crippen molar-refractivity contribution < 1.29 is 9.90 Å². The summed E-state index contributed by atoms with van der Waals surface area (Å²) in [5.41, 5.74) is 6.59. The fourth-order valence-corrected chi connectivity index (χ4v) is 4.40. The second-order valence-electron chi connectivity index (χ2n) is 7.80. The van der Waals surface area contributed by atoms with Crippen LogP contribution in [0.25, 0.3) is 22.5 Å². The number of hydrogen-bond donors (Lipinski definition) is 3. The van der Waals surface area contributed by atoms with Crippen molar-refractivity contribution in [3.8, 4) is 28.3 Å². The van der Waals surface area contributed by atoms with Gasteiger partial charge in [0.25, 0.3) is 5.91 Å². The van der Waals surface area contributed by atoms with Crippen molar-refractivity contribution in [1.82, 2.24) is 20.4 Å². The van der Waals surface area contributed by atoms with E-state index < -0.39 is 0 Å². The summed E-state index contributed by atoms with van der Waals surface area (Å²) in [5.74, 6) is -0.262. The van der Waals surface area contributed by atoms with Gasteiger partial charge < -0.3 is 15.3 Å². The third-order valence-electron chi connectivity index (χ3n) is 5.95. The second-order valence-corrected chi connectivity index (χ2v) is 7.80. The molecule has 5 rings (SSSR count). The van der Waals surface area contributed by atoms with E-state index in [0.29, 0.717) is 6.54 Å². The molecule has 148 valence electrons. The van der Waals surface area contributed by atoms with Crippen LogP contribution in [0.1, 0.15) is 34.3 Å². The van der Waals surface area contributed by atoms with Crippen LogP contribution in [0.3, 0.4) is 0 Å². The van der Waals surface area contributed by atoms with E-state index in [2.05, 4.69) is 32.5 Å². The van der Waals surface area contributed by atoms with Crippen molar-refractivity contribution >= 4 is 5.91 Å². The smallest absolute Gasteiger partial charge is 0.255 e. The van der Waals surface area contributed by atoms with Gasteiger partial charge in [-0.05, 0) is 49.7 Å². The van der Waals surface area contributed by atoms with Gasteiger partial charge in [0.2, 0.25) is 0 Å². The molecule has 3 aromatic rings. The Morgan fingerprint density at radius 3 is 2.86 bits per heavy atom. The molecule has 0 spiro atoms. The summed E-state index contributed by atoms with van der Waals surface area (Å²) >= 11 is 0. The normalized spacial score (nSPS) is 15.3. The molecule has 1 saturated heterocycles. The van der Waals surface area contributed by atoms with E-state index >= 15 is 0 Å². The number of nitrogens with zero attached hydrogens (tertiary/aromatic N) is 2. The molecule has 0 atom stereocenters. The first-order valence-corrected chi connectivity index (χ1v) is 10.2. The summed E-state index contributed by atoms with van der Waals surface area (Å²) in [6.07, 6.45) is 3.28. The first kappa shape index (κ1) is 17.9. The molecular weight excluding hydrogens is 364 g/mol. The molecule has 0 saturated carbocycles. The number of phenolic OH excluding ortho intramolecular Hbond substituents is 1. The molecule has 0 unspecified atom stereocenters. The first-order chi connectivity index (χ1) is 14.2. The maximum atomic E-state index is 12.7. The Morgan fingerprint density at radius 1 is 1.17 bits per heavy atom. The van der Waals surface area contributed by atoms with Gasteiger partial charge in [0, 0.05) is 36.2 Å². The van der Waals surface area contributed by atoms with E-state index in [0.717, 1.165) is 48.6 Å². The third kappa shape index (κ3) is 3.29. The molecule has 3 N–H and O–H groups in total. The molecule has 2 heterocycles. The lowest BCUT2D eigenvalue weighted by molar-refractivity contribution is 0.0947. The summed E-state index contributed by atoms with van der Waals surface area (Å²) in [5, 5.41) is 20.8. The molecule has 1 aliphatic carbocycles. The summed E-state index contributed by atoms with van der Waals surface area (Å²) in [4.78, 5) is 15.0. The minimum Gasteiger partial charge on any atom is -0.507 e. The molecule has 2 aliphatic rings. The monoisotopic (exact) mass is 388 g/mol. The van der Waals surface area contributed by atoms with Crippen molar-refractivity contribution in [2.45, 2.75) is 19.3 Å². The van der Waals surface area contributed by atoms with Crippen molar-refractivity contribution in [2.75, 3.05) is 26.2 Å². The van der Waals surface area contributed by atoms with E-state index in [9.17, 15) is 9.90 Å². The van der Waals surface area contributed by atoms with Crippen LogP contribution >= 0.6 is 0 Å². The highest BCUT2D eigenvalue weighted by atomic mass is 16.3. The molecule has 2 aromatic carbocycles. The van der Waals surface area contributed by atoms with Gasteiger partial charge in [0.05, 0.1) is 17.0 Å². The molecular formula is C23H24N4O2. The van der Waals surface area contributed by atoms with Crippen LogP contribution in [0.15, 0.2) is 42.5 Å². The molecule has 1 amide bonds. The zero-order valence-electron chi connectivity index (χ0n) is 16.2. The second kappa shape index (κ2) is 7.37. The Bertz CT molecular complexity index is 1070. The lowest BCUT2D eigenvalue weighted by atomic mass is 10.0. The van der Waals surface area contributed by atoms with Gasteiger partial charge in [-0.1, -0.05) is 24.3 Å². The van der Waals surface area contributed by atoms with Crippen LogP contribution in [0.5, 0.6) is 5.75 Å². The number of H-pyrrole nitrogens is 1. The fourth-order valence-electron chi connectivity index (χ4n) is 4.40. The van der Waals surface area contributed by atoms with Crippen molar-refractivity contribution in [2.24, 2.45) is 0 Å². The predicted molar refractivity (Wildman–Crippen MR) is 112 cm³/mol. The van der Waals surface area contributed by atoms with Gasteiger partial charge in [-0.25, -0.2) is 0 Å². The number of aromatic amines is 1. The Labute approximate surface area is 169 Å². The molecule has 29 heavy (non-hydrogen) atoms. The molecule has 6 nitrogen and oxygen atoms in total. The number of aromatic hydroxyl groups is 1. The van der Waals surface area contributed by atoms with Crippen LogP contribution < -0.4 is 5.32 Å². The van der Waals surface area contributed by atoms with Crippen LogP contribution in [0.2, 0.25) is 0 Å². The van der Waals surface area contributed by atoms with Crippen LogP contribution in [0.4, 0.5) is 0 Å². The number of phenols is 1. The number of rotatable bonds is 5. The predicted octanol–water partition coefficient (Wildman–Crippen LogP) is 3.18. The van der Waals surface area contributed by atoms with E-state index in [1.807, 2.05) is 18.2 Å². The number of benzene rings is 2. The largest absolute Gasteiger partial charge is 0.507 e. The Kier molecular flexibility index (Phi) is 4.56. The number of nitrogens with one attached hydrogen (secondary N) is 2. The van der Waals surface area contributed by atoms with Crippen LogP contribution in [-0.4, -0.2) is 52.3 Å². The summed E-state index contributed by atoms with van der Waals surface area (Å²) in [6, 6.07) is 13.4. The maximum Gasteiger partial charge on any atom is 0.255 e. The first-order valence-electron chi connectivity index (χ1n) is 10.2. The summed E-state index contributed by atoms with van der Waals surface area (Å²) < 4.78 is 0. The number of fused-ring (bicyclic) bond motifs is 3. The zero-order valence-corrected chi connectivity index (χ0v) is 16.2. The van der Waals surface area contributed by atoms with Crippen LogP contribution in [0, 0.1) is 0 Å². The van der Waals surface area contributed by atoms with E-state index in [1.165, 1.54) is 24.0 Å². The van der Waals surface area contributed by atoms with Crippen molar-refractivity contribution in [3.63, 3.8) is 0 Å². The van der Waals surface area contributed by atoms with Gasteiger partial charge in [-0.2, -0.15) is 5.10 Å². The molecule has 1 aliphatic heterocycles. The van der Waals surface area contributed by atoms with Crippen molar-refractivity contribution in [3.05, 3.63) is 59.2 Å². The quantitative estimate of drug-likeness (QED) is 0.490. The number of hydrogen-bond acceptors (Lipinski definition) is 4. The van der Waals surface area contributed by atoms with Crippen molar-refractivity contribution in [1.29, 1.82) is 0 Å². The third-order valence-corrected chi connectivity index (χ3v) is 5.95. The standard InChI is InChI=1S/C23H24N4O2/c28-20-8-7-16(14-18(20)23(29)24-9-12-27-10-3-4-11-27)21-19-13-15-5-1-2-6-17(15)22(19)26-25-21/h1-2,5-8,14,28H,3-4,9-13H2,(H,24,29)(H,25,26). The highest BCUT2D eigenvalue weighted by Crippen LogP contribution is 2.40. The number of carbonyl (C=O) groups excluding carboxylic acids is 1. The van der Waals surface area contributed by atoms with Gasteiger partial charge in [-0.15, -0.1) is 0 Å². The maximum absolute atomic E-state index is 12.7. The van der Waals surface area contributed by atoms with Gasteiger partial charge >= 0.3 is 0 Å². The average Bonchev–Trinajstić information content (AvgIpc) is 3.45. The SMILES string of the molecule is O=C(NCCN1CCCC1)c1cc(-c2n[nH]c3c2Cc2ccccc2-3)ccc1O. The van der Waals surface area contributed by atoms with Gasteiger partial charge in [-0.3, -0.25) is 9.89 Å². The zero-order chi connectivity index (χ0) is 19.8. The van der Waals surface area contributed by atoms with E-state index in [1.54, 1.807) is 12.1 Å². The highest BCUT2D eigenvalue weighted by molar-refractivity contribution is 5.98.